The number of phenolic OH excluding ortho intramolecular Hbond substituents is 1. The molecule has 5 nitrogen and oxygen atoms in total. The molecule has 0 atom stereocenters. The molecule has 0 spiro atoms. The lowest BCUT2D eigenvalue weighted by Crippen LogP contribution is -2.30. The number of nitrogens with two attached hydrogens (primary N) is 1. The summed E-state index contributed by atoms with van der Waals surface area (Å²) >= 11 is 0. The van der Waals surface area contributed by atoms with Crippen molar-refractivity contribution in [3.63, 3.8) is 0 Å². The van der Waals surface area contributed by atoms with Crippen LogP contribution in [0.1, 0.15) is 22.8 Å². The molecule has 0 saturated heterocycles. The van der Waals surface area contributed by atoms with Gasteiger partial charge in [0.2, 0.25) is 0 Å². The Morgan fingerprint density at radius 3 is 2.67 bits per heavy atom. The third-order valence-electron chi connectivity index (χ3n) is 3.27. The van der Waals surface area contributed by atoms with Crippen molar-refractivity contribution in [2.75, 3.05) is 11.4 Å². The predicted octanol–water partition coefficient (Wildman–Crippen LogP) is 2.02. The van der Waals surface area contributed by atoms with Crippen LogP contribution in [0, 0.1) is 0 Å². The number of carbonyl (C=O) groups is 1. The van der Waals surface area contributed by atoms with Crippen LogP contribution in [0.4, 0.5) is 5.69 Å². The number of anilines is 1. The Balaban J connectivity index is 2.21. The number of benzene rings is 2. The largest absolute Gasteiger partial charge is 0.508 e. The van der Waals surface area contributed by atoms with Gasteiger partial charge in [0.15, 0.2) is 0 Å². The summed E-state index contributed by atoms with van der Waals surface area (Å²) in [6, 6.07) is 14.4. The van der Waals surface area contributed by atoms with Crippen molar-refractivity contribution in [2.45, 2.75) is 13.5 Å². The Bertz CT molecular complexity index is 628. The molecule has 0 aliphatic carbocycles. The SMILES string of the molecule is CCN(Cc1cccc(C(=O)NN)c1)c1cccc(O)c1. The van der Waals surface area contributed by atoms with Gasteiger partial charge in [-0.3, -0.25) is 10.2 Å². The standard InChI is InChI=1S/C16H19N3O2/c1-2-19(14-7-4-8-15(20)10-14)11-12-5-3-6-13(9-12)16(21)18-17/h3-10,20H,2,11,17H2,1H3,(H,18,21). The fourth-order valence-corrected chi connectivity index (χ4v) is 2.19. The van der Waals surface area contributed by atoms with Crippen molar-refractivity contribution >= 4 is 11.6 Å². The first-order valence-electron chi connectivity index (χ1n) is 6.78. The number of aromatic hydroxyl groups is 1. The number of phenols is 1. The number of hydrazine groups is 1. The lowest BCUT2D eigenvalue weighted by molar-refractivity contribution is 0.0953. The van der Waals surface area contributed by atoms with Crippen LogP contribution in [-0.2, 0) is 6.54 Å². The Morgan fingerprint density at radius 2 is 2.00 bits per heavy atom. The maximum Gasteiger partial charge on any atom is 0.265 e. The summed E-state index contributed by atoms with van der Waals surface area (Å²) in [4.78, 5) is 13.7. The van der Waals surface area contributed by atoms with Crippen molar-refractivity contribution in [1.29, 1.82) is 0 Å². The van der Waals surface area contributed by atoms with Gasteiger partial charge in [-0.25, -0.2) is 5.84 Å². The van der Waals surface area contributed by atoms with E-state index in [0.29, 0.717) is 12.1 Å². The fourth-order valence-electron chi connectivity index (χ4n) is 2.19. The van der Waals surface area contributed by atoms with Gasteiger partial charge in [0.25, 0.3) is 5.91 Å². The molecule has 2 aromatic rings. The molecule has 0 fully saturated rings. The Hall–Kier alpha value is -2.53. The lowest BCUT2D eigenvalue weighted by Gasteiger charge is -2.23. The minimum absolute atomic E-state index is 0.238. The van der Waals surface area contributed by atoms with Crippen molar-refractivity contribution in [3.8, 4) is 5.75 Å². The van der Waals surface area contributed by atoms with Crippen LogP contribution in [0.15, 0.2) is 48.5 Å². The Morgan fingerprint density at radius 1 is 1.24 bits per heavy atom. The summed E-state index contributed by atoms with van der Waals surface area (Å²) in [6.07, 6.45) is 0. The van der Waals surface area contributed by atoms with Crippen LogP contribution >= 0.6 is 0 Å². The highest BCUT2D eigenvalue weighted by atomic mass is 16.3. The summed E-state index contributed by atoms with van der Waals surface area (Å²) in [5, 5.41) is 9.58. The van der Waals surface area contributed by atoms with E-state index in [1.807, 2.05) is 37.3 Å². The molecule has 2 rings (SSSR count). The zero-order chi connectivity index (χ0) is 15.2. The van der Waals surface area contributed by atoms with E-state index < -0.39 is 0 Å². The third-order valence-corrected chi connectivity index (χ3v) is 3.27. The number of hydrogen-bond donors (Lipinski definition) is 3. The highest BCUT2D eigenvalue weighted by Crippen LogP contribution is 2.22. The summed E-state index contributed by atoms with van der Waals surface area (Å²) in [7, 11) is 0. The molecule has 110 valence electrons. The van der Waals surface area contributed by atoms with Crippen LogP contribution < -0.4 is 16.2 Å². The molecule has 0 aliphatic heterocycles. The average molecular weight is 285 g/mol. The van der Waals surface area contributed by atoms with Crippen molar-refractivity contribution < 1.29 is 9.90 Å². The summed E-state index contributed by atoms with van der Waals surface area (Å²) in [5.74, 6) is 5.08. The van der Waals surface area contributed by atoms with Gasteiger partial charge in [-0.2, -0.15) is 0 Å². The van der Waals surface area contributed by atoms with Gasteiger partial charge in [0.05, 0.1) is 0 Å². The molecular weight excluding hydrogens is 266 g/mol. The first-order valence-corrected chi connectivity index (χ1v) is 6.78. The van der Waals surface area contributed by atoms with Crippen LogP contribution in [0.25, 0.3) is 0 Å². The number of rotatable bonds is 5. The smallest absolute Gasteiger partial charge is 0.265 e. The number of nitrogens with zero attached hydrogens (tertiary/aromatic N) is 1. The number of amides is 1. The first-order chi connectivity index (χ1) is 10.1. The lowest BCUT2D eigenvalue weighted by atomic mass is 10.1. The van der Waals surface area contributed by atoms with Crippen molar-refractivity contribution in [1.82, 2.24) is 5.43 Å². The van der Waals surface area contributed by atoms with E-state index in [2.05, 4.69) is 10.3 Å². The van der Waals surface area contributed by atoms with E-state index in [-0.39, 0.29) is 11.7 Å². The average Bonchev–Trinajstić information content (AvgIpc) is 2.52. The van der Waals surface area contributed by atoms with Gasteiger partial charge in [-0.1, -0.05) is 18.2 Å². The van der Waals surface area contributed by atoms with E-state index >= 15 is 0 Å². The van der Waals surface area contributed by atoms with Gasteiger partial charge in [-0.05, 0) is 36.8 Å². The predicted molar refractivity (Wildman–Crippen MR) is 82.9 cm³/mol. The van der Waals surface area contributed by atoms with Crippen molar-refractivity contribution in [3.05, 3.63) is 59.7 Å². The second-order valence-corrected chi connectivity index (χ2v) is 4.71. The van der Waals surface area contributed by atoms with Crippen molar-refractivity contribution in [2.24, 2.45) is 5.84 Å². The zero-order valence-corrected chi connectivity index (χ0v) is 11.9. The molecule has 0 aromatic heterocycles. The number of hydrogen-bond acceptors (Lipinski definition) is 4. The Labute approximate surface area is 124 Å². The zero-order valence-electron chi connectivity index (χ0n) is 11.9. The molecule has 0 unspecified atom stereocenters. The molecule has 0 aliphatic rings. The molecule has 5 heteroatoms. The second kappa shape index (κ2) is 6.76. The molecule has 0 radical (unpaired) electrons. The van der Waals surface area contributed by atoms with Crippen LogP contribution in [-0.4, -0.2) is 17.6 Å². The molecule has 21 heavy (non-hydrogen) atoms. The van der Waals surface area contributed by atoms with E-state index in [4.69, 9.17) is 5.84 Å². The molecule has 1 amide bonds. The van der Waals surface area contributed by atoms with E-state index in [9.17, 15) is 9.90 Å². The highest BCUT2D eigenvalue weighted by molar-refractivity contribution is 5.93. The normalized spacial score (nSPS) is 10.2. The van der Waals surface area contributed by atoms with Gasteiger partial charge >= 0.3 is 0 Å². The second-order valence-electron chi connectivity index (χ2n) is 4.71. The van der Waals surface area contributed by atoms with E-state index in [1.165, 1.54) is 0 Å². The van der Waals surface area contributed by atoms with Crippen LogP contribution in [0.3, 0.4) is 0 Å². The molecule has 4 N–H and O–H groups in total. The number of nitrogens with one attached hydrogen (secondary N) is 1. The van der Waals surface area contributed by atoms with E-state index in [1.54, 1.807) is 18.2 Å². The van der Waals surface area contributed by atoms with Crippen LogP contribution in [0.5, 0.6) is 5.75 Å². The summed E-state index contributed by atoms with van der Waals surface area (Å²) in [6.45, 7) is 3.48. The topological polar surface area (TPSA) is 78.6 Å². The van der Waals surface area contributed by atoms with Gasteiger partial charge in [0, 0.05) is 30.4 Å². The van der Waals surface area contributed by atoms with Gasteiger partial charge in [0.1, 0.15) is 5.75 Å². The monoisotopic (exact) mass is 285 g/mol. The maximum absolute atomic E-state index is 11.6. The minimum Gasteiger partial charge on any atom is -0.508 e. The minimum atomic E-state index is -0.308. The summed E-state index contributed by atoms with van der Waals surface area (Å²) in [5.41, 5.74) is 4.60. The summed E-state index contributed by atoms with van der Waals surface area (Å²) < 4.78 is 0. The molecule has 0 bridgehead atoms. The first kappa shape index (κ1) is 14.9. The molecule has 2 aromatic carbocycles. The fraction of sp³-hybridized carbons (Fsp3) is 0.188. The maximum atomic E-state index is 11.6. The van der Waals surface area contributed by atoms with Gasteiger partial charge < -0.3 is 10.0 Å². The van der Waals surface area contributed by atoms with Crippen LogP contribution in [0.2, 0.25) is 0 Å². The molecule has 0 heterocycles. The Kier molecular flexibility index (Phi) is 4.79. The molecule has 0 saturated carbocycles. The van der Waals surface area contributed by atoms with E-state index in [0.717, 1.165) is 17.8 Å². The van der Waals surface area contributed by atoms with Gasteiger partial charge in [-0.15, -0.1) is 0 Å². The number of nitrogen functional groups attached to an aromatic ring is 1. The quantitative estimate of drug-likeness (QED) is 0.446. The highest BCUT2D eigenvalue weighted by Gasteiger charge is 2.08. The molecular formula is C16H19N3O2. The third kappa shape index (κ3) is 3.73. The number of carbonyl (C=O) groups excluding carboxylic acids is 1.